The van der Waals surface area contributed by atoms with E-state index in [9.17, 15) is 24.6 Å². The number of hydrogen-bond acceptors (Lipinski definition) is 7. The summed E-state index contributed by atoms with van der Waals surface area (Å²) in [6.45, 7) is 9.70. The van der Waals surface area contributed by atoms with E-state index in [2.05, 4.69) is 5.10 Å². The molecule has 1 aromatic heterocycles. The normalized spacial score (nSPS) is 11.9. The van der Waals surface area contributed by atoms with Crippen LogP contribution in [0.25, 0.3) is 22.0 Å². The highest BCUT2D eigenvalue weighted by Gasteiger charge is 2.36. The lowest BCUT2D eigenvalue weighted by Gasteiger charge is -2.27. The van der Waals surface area contributed by atoms with E-state index >= 15 is 0 Å². The van der Waals surface area contributed by atoms with Gasteiger partial charge in [-0.3, -0.25) is 0 Å². The number of fused-ring (bicyclic) bond motifs is 1. The fraction of sp³-hybridized carbons (Fsp3) is 0.333. The van der Waals surface area contributed by atoms with Gasteiger partial charge in [0.1, 0.15) is 17.0 Å². The number of carbonyl (C=O) groups is 3. The maximum absolute atomic E-state index is 13.1. The second-order valence-electron chi connectivity index (χ2n) is 9.71. The van der Waals surface area contributed by atoms with Gasteiger partial charge in [0.2, 0.25) is 0 Å². The van der Waals surface area contributed by atoms with Gasteiger partial charge in [-0.25, -0.2) is 14.4 Å². The van der Waals surface area contributed by atoms with E-state index in [1.165, 1.54) is 30.3 Å². The molecule has 186 valence electrons. The number of aromatic nitrogens is 2. The molecule has 2 N–H and O–H groups in total. The summed E-state index contributed by atoms with van der Waals surface area (Å²) in [4.78, 5) is 38.7. The highest BCUT2D eigenvalue weighted by Crippen LogP contribution is 2.36. The minimum Gasteiger partial charge on any atom is -0.507 e. The van der Waals surface area contributed by atoms with Crippen molar-refractivity contribution < 1.29 is 34.1 Å². The van der Waals surface area contributed by atoms with Crippen molar-refractivity contribution in [1.82, 2.24) is 9.78 Å². The lowest BCUT2D eigenvalue weighted by Crippen LogP contribution is -2.44. The summed E-state index contributed by atoms with van der Waals surface area (Å²) < 4.78 is 11.4. The Balaban J connectivity index is 2.28. The van der Waals surface area contributed by atoms with Gasteiger partial charge in [-0.05, 0) is 77.4 Å². The average Bonchev–Trinajstić information content (AvgIpc) is 3.06. The molecule has 2 aromatic carbocycles. The summed E-state index contributed by atoms with van der Waals surface area (Å²) in [5.41, 5.74) is -1.05. The second kappa shape index (κ2) is 9.10. The molecule has 0 fully saturated rings. The lowest BCUT2D eigenvalue weighted by molar-refractivity contribution is 0.0429. The zero-order chi connectivity index (χ0) is 26.3. The minimum absolute atomic E-state index is 0.0722. The fourth-order valence-electron chi connectivity index (χ4n) is 3.18. The third-order valence-corrected chi connectivity index (χ3v) is 4.71. The van der Waals surface area contributed by atoms with Crippen LogP contribution in [0.2, 0.25) is 5.02 Å². The number of benzene rings is 2. The average molecular weight is 504 g/mol. The van der Waals surface area contributed by atoms with E-state index in [0.29, 0.717) is 25.7 Å². The maximum atomic E-state index is 13.1. The van der Waals surface area contributed by atoms with Crippen molar-refractivity contribution in [2.75, 3.05) is 4.90 Å². The summed E-state index contributed by atoms with van der Waals surface area (Å²) in [7, 11) is 0. The van der Waals surface area contributed by atoms with Gasteiger partial charge in [0.15, 0.2) is 5.82 Å². The van der Waals surface area contributed by atoms with Crippen molar-refractivity contribution in [2.45, 2.75) is 52.7 Å². The van der Waals surface area contributed by atoms with Crippen molar-refractivity contribution in [1.29, 1.82) is 0 Å². The first kappa shape index (κ1) is 25.8. The topological polar surface area (TPSA) is 131 Å². The molecule has 0 spiro atoms. The van der Waals surface area contributed by atoms with Crippen molar-refractivity contribution >= 4 is 46.6 Å². The molecule has 10 nitrogen and oxygen atoms in total. The number of hydrogen-bond donors (Lipinski definition) is 2. The van der Waals surface area contributed by atoms with Gasteiger partial charge in [0.25, 0.3) is 0 Å². The molecule has 0 aliphatic heterocycles. The number of phenols is 1. The molecule has 0 unspecified atom stereocenters. The molecule has 0 saturated heterocycles. The number of amides is 2. The van der Waals surface area contributed by atoms with Crippen LogP contribution in [0.5, 0.6) is 5.75 Å². The smallest absolute Gasteiger partial charge is 0.432 e. The summed E-state index contributed by atoms with van der Waals surface area (Å²) in [5.74, 6) is -0.383. The molecule has 0 saturated carbocycles. The van der Waals surface area contributed by atoms with Gasteiger partial charge in [0.05, 0.1) is 5.52 Å². The molecule has 3 rings (SSSR count). The number of halogens is 1. The van der Waals surface area contributed by atoms with Gasteiger partial charge in [0, 0.05) is 16.0 Å². The van der Waals surface area contributed by atoms with Gasteiger partial charge in [-0.15, -0.1) is 5.10 Å². The molecule has 11 heteroatoms. The summed E-state index contributed by atoms with van der Waals surface area (Å²) in [6.07, 6.45) is -3.63. The summed E-state index contributed by atoms with van der Waals surface area (Å²) >= 11 is 6.08. The van der Waals surface area contributed by atoms with Gasteiger partial charge in [-0.2, -0.15) is 9.58 Å². The Morgan fingerprint density at radius 1 is 0.943 bits per heavy atom. The Labute approximate surface area is 206 Å². The highest BCUT2D eigenvalue weighted by atomic mass is 35.5. The van der Waals surface area contributed by atoms with E-state index in [1.54, 1.807) is 47.6 Å². The van der Waals surface area contributed by atoms with Crippen LogP contribution in [0.3, 0.4) is 0 Å². The van der Waals surface area contributed by atoms with Gasteiger partial charge in [-0.1, -0.05) is 17.7 Å². The minimum atomic E-state index is -1.44. The van der Waals surface area contributed by atoms with E-state index in [-0.39, 0.29) is 22.5 Å². The Bertz CT molecular complexity index is 1290. The molecule has 0 aliphatic carbocycles. The van der Waals surface area contributed by atoms with Crippen molar-refractivity contribution in [2.24, 2.45) is 0 Å². The van der Waals surface area contributed by atoms with E-state index < -0.39 is 29.5 Å². The van der Waals surface area contributed by atoms with E-state index in [0.717, 1.165) is 0 Å². The fourth-order valence-corrected chi connectivity index (χ4v) is 3.36. The Kier molecular flexibility index (Phi) is 6.72. The van der Waals surface area contributed by atoms with Crippen molar-refractivity contribution in [3.05, 3.63) is 41.4 Å². The zero-order valence-corrected chi connectivity index (χ0v) is 20.9. The predicted molar refractivity (Wildman–Crippen MR) is 130 cm³/mol. The molecule has 0 bridgehead atoms. The third kappa shape index (κ3) is 5.83. The van der Waals surface area contributed by atoms with E-state index in [4.69, 9.17) is 21.1 Å². The summed E-state index contributed by atoms with van der Waals surface area (Å²) in [5, 5.41) is 24.5. The van der Waals surface area contributed by atoms with Crippen LogP contribution >= 0.6 is 11.6 Å². The lowest BCUT2D eigenvalue weighted by atomic mass is 10.0. The summed E-state index contributed by atoms with van der Waals surface area (Å²) in [6, 6.07) is 8.95. The monoisotopic (exact) mass is 503 g/mol. The first-order valence-electron chi connectivity index (χ1n) is 10.6. The number of phenolic OH excluding ortho intramolecular Hbond substituents is 1. The molecule has 2 amide bonds. The van der Waals surface area contributed by atoms with Crippen LogP contribution in [0.4, 0.5) is 20.2 Å². The highest BCUT2D eigenvalue weighted by molar-refractivity contribution is 6.31. The van der Waals surface area contributed by atoms with Crippen LogP contribution in [0, 0.1) is 0 Å². The van der Waals surface area contributed by atoms with Crippen LogP contribution in [-0.4, -0.2) is 49.5 Å². The molecule has 0 radical (unpaired) electrons. The number of carbonyl (C=O) groups excluding carboxylic acids is 2. The van der Waals surface area contributed by atoms with Crippen LogP contribution < -0.4 is 4.90 Å². The van der Waals surface area contributed by atoms with Crippen LogP contribution in [0.15, 0.2) is 36.4 Å². The molecule has 3 aromatic rings. The molecule has 35 heavy (non-hydrogen) atoms. The first-order valence-corrected chi connectivity index (χ1v) is 11.0. The Hall–Kier alpha value is -3.79. The van der Waals surface area contributed by atoms with Gasteiger partial charge < -0.3 is 19.7 Å². The quantitative estimate of drug-likeness (QED) is 0.418. The third-order valence-electron chi connectivity index (χ3n) is 4.48. The second-order valence-corrected chi connectivity index (χ2v) is 10.1. The molecule has 0 atom stereocenters. The SMILES string of the molecule is CC(C)(C)OC(=O)N(C(=O)OC(C)(C)C)c1nn(C(=O)O)c2ccc(-c3cc(Cl)ccc3O)cc12. The molecule has 1 heterocycles. The van der Waals surface area contributed by atoms with Crippen LogP contribution in [-0.2, 0) is 9.47 Å². The standard InChI is InChI=1S/C24H26ClN3O7/c1-23(2,3)34-21(32)27(22(33)35-24(4,5)6)19-16-11-13(15-12-14(25)8-10-18(15)29)7-9-17(16)28(26-19)20(30)31/h7-12,29H,1-6H3,(H,30,31). The number of aromatic hydroxyl groups is 1. The van der Waals surface area contributed by atoms with Crippen molar-refractivity contribution in [3.63, 3.8) is 0 Å². The molecule has 0 aliphatic rings. The Morgan fingerprint density at radius 3 is 2.03 bits per heavy atom. The Morgan fingerprint density at radius 2 is 1.51 bits per heavy atom. The van der Waals surface area contributed by atoms with Crippen molar-refractivity contribution in [3.8, 4) is 16.9 Å². The first-order chi connectivity index (χ1) is 16.1. The number of nitrogens with zero attached hydrogens (tertiary/aromatic N) is 3. The number of rotatable bonds is 2. The van der Waals surface area contributed by atoms with Gasteiger partial charge >= 0.3 is 18.3 Å². The number of anilines is 1. The van der Waals surface area contributed by atoms with Crippen LogP contribution in [0.1, 0.15) is 41.5 Å². The largest absolute Gasteiger partial charge is 0.507 e. The predicted octanol–water partition coefficient (Wildman–Crippen LogP) is 6.27. The number of carboxylic acid groups (broad SMARTS) is 1. The molecular formula is C24H26ClN3O7. The number of imide groups is 1. The molecular weight excluding hydrogens is 478 g/mol. The van der Waals surface area contributed by atoms with E-state index in [1.807, 2.05) is 0 Å². The number of ether oxygens (including phenoxy) is 2. The zero-order valence-electron chi connectivity index (χ0n) is 20.1. The maximum Gasteiger partial charge on any atom is 0.432 e.